The van der Waals surface area contributed by atoms with Crippen LogP contribution in [0.2, 0.25) is 0 Å². The molecule has 2 N–H and O–H groups in total. The molecule has 0 fully saturated rings. The molecule has 10 nitrogen and oxygen atoms in total. The average molecular weight is 466 g/mol. The first-order chi connectivity index (χ1) is 15.5. The van der Waals surface area contributed by atoms with Crippen LogP contribution in [0.1, 0.15) is 39.6 Å². The number of ether oxygens (including phenoxy) is 2. The number of hydrogen-bond donors (Lipinski definition) is 2. The number of carbonyl (C=O) groups excluding carboxylic acids is 2. The molecule has 176 valence electrons. The van der Waals surface area contributed by atoms with Gasteiger partial charge in [0.15, 0.2) is 11.5 Å². The Morgan fingerprint density at radius 3 is 2.39 bits per heavy atom. The summed E-state index contributed by atoms with van der Waals surface area (Å²) in [6.07, 6.45) is -4.58. The number of benzene rings is 1. The van der Waals surface area contributed by atoms with Gasteiger partial charge in [-0.1, -0.05) is 0 Å². The van der Waals surface area contributed by atoms with E-state index in [1.807, 2.05) is 0 Å². The van der Waals surface area contributed by atoms with E-state index in [9.17, 15) is 22.8 Å². The van der Waals surface area contributed by atoms with Crippen LogP contribution in [-0.4, -0.2) is 45.6 Å². The highest BCUT2D eigenvalue weighted by molar-refractivity contribution is 5.96. The van der Waals surface area contributed by atoms with Crippen LogP contribution < -0.4 is 20.3 Å². The summed E-state index contributed by atoms with van der Waals surface area (Å²) in [5, 5.41) is 3.47. The molecule has 2 aromatic heterocycles. The standard InChI is InChI=1S/C20H21F3N6O4/c1-10-13(11(2)29-19(24-10)25-18(28-29)20(21,22)23)6-8-16(30)26-27-17(31)12-5-7-14(32-3)15(9-12)33-4/h5,7,9H,6,8H2,1-4H3,(H,26,30)(H,27,31). The summed E-state index contributed by atoms with van der Waals surface area (Å²) in [6, 6.07) is 4.52. The lowest BCUT2D eigenvalue weighted by Crippen LogP contribution is -2.41. The number of hydrogen-bond acceptors (Lipinski definition) is 7. The van der Waals surface area contributed by atoms with Crippen LogP contribution in [0.25, 0.3) is 5.78 Å². The van der Waals surface area contributed by atoms with Crippen LogP contribution in [0.15, 0.2) is 18.2 Å². The van der Waals surface area contributed by atoms with E-state index in [-0.39, 0.29) is 24.2 Å². The molecule has 2 amide bonds. The molecule has 0 aliphatic carbocycles. The predicted molar refractivity (Wildman–Crippen MR) is 109 cm³/mol. The van der Waals surface area contributed by atoms with Crippen LogP contribution in [0.4, 0.5) is 13.2 Å². The number of carbonyl (C=O) groups is 2. The van der Waals surface area contributed by atoms with Gasteiger partial charge in [0, 0.05) is 23.4 Å². The van der Waals surface area contributed by atoms with Gasteiger partial charge in [-0.3, -0.25) is 20.4 Å². The molecule has 0 saturated heterocycles. The maximum absolute atomic E-state index is 12.9. The summed E-state index contributed by atoms with van der Waals surface area (Å²) in [4.78, 5) is 32.0. The zero-order chi connectivity index (χ0) is 24.3. The molecule has 0 atom stereocenters. The van der Waals surface area contributed by atoms with Crippen molar-refractivity contribution in [2.75, 3.05) is 14.2 Å². The maximum Gasteiger partial charge on any atom is 0.453 e. The molecular formula is C20H21F3N6O4. The first-order valence-corrected chi connectivity index (χ1v) is 9.66. The lowest BCUT2D eigenvalue weighted by Gasteiger charge is -2.12. The fourth-order valence-corrected chi connectivity index (χ4v) is 3.17. The van der Waals surface area contributed by atoms with E-state index in [0.29, 0.717) is 28.5 Å². The molecule has 0 bridgehead atoms. The minimum Gasteiger partial charge on any atom is -0.493 e. The van der Waals surface area contributed by atoms with Crippen molar-refractivity contribution in [1.82, 2.24) is 30.4 Å². The van der Waals surface area contributed by atoms with Crippen LogP contribution in [0.5, 0.6) is 11.5 Å². The van der Waals surface area contributed by atoms with Crippen LogP contribution in [-0.2, 0) is 17.4 Å². The van der Waals surface area contributed by atoms with Crippen LogP contribution >= 0.6 is 0 Å². The van der Waals surface area contributed by atoms with Gasteiger partial charge >= 0.3 is 6.18 Å². The molecule has 3 aromatic rings. The molecule has 3 rings (SSSR count). The Kier molecular flexibility index (Phi) is 6.70. The summed E-state index contributed by atoms with van der Waals surface area (Å²) in [6.45, 7) is 3.18. The molecule has 0 aliphatic rings. The number of hydrazine groups is 1. The average Bonchev–Trinajstić information content (AvgIpc) is 3.21. The second-order valence-electron chi connectivity index (χ2n) is 6.98. The van der Waals surface area contributed by atoms with Gasteiger partial charge in [0.2, 0.25) is 5.91 Å². The molecule has 0 saturated carbocycles. The van der Waals surface area contributed by atoms with Gasteiger partial charge in [0.05, 0.1) is 14.2 Å². The van der Waals surface area contributed by atoms with Gasteiger partial charge in [-0.15, -0.1) is 5.10 Å². The Bertz CT molecular complexity index is 1210. The quantitative estimate of drug-likeness (QED) is 0.535. The highest BCUT2D eigenvalue weighted by Crippen LogP contribution is 2.28. The fourth-order valence-electron chi connectivity index (χ4n) is 3.17. The van der Waals surface area contributed by atoms with E-state index < -0.39 is 23.8 Å². The topological polar surface area (TPSA) is 120 Å². The van der Waals surface area contributed by atoms with Crippen molar-refractivity contribution in [2.24, 2.45) is 0 Å². The monoisotopic (exact) mass is 466 g/mol. The van der Waals surface area contributed by atoms with Crippen molar-refractivity contribution >= 4 is 17.6 Å². The van der Waals surface area contributed by atoms with Gasteiger partial charge in [-0.25, -0.2) is 9.50 Å². The van der Waals surface area contributed by atoms with Gasteiger partial charge in [0.25, 0.3) is 17.5 Å². The van der Waals surface area contributed by atoms with E-state index in [2.05, 4.69) is 25.9 Å². The SMILES string of the molecule is COc1ccc(C(=O)NNC(=O)CCc2c(C)nc3nc(C(F)(F)F)nn3c2C)cc1OC. The first-order valence-electron chi connectivity index (χ1n) is 9.66. The number of aryl methyl sites for hydroxylation is 2. The lowest BCUT2D eigenvalue weighted by atomic mass is 10.1. The Balaban J connectivity index is 1.64. The van der Waals surface area contributed by atoms with Gasteiger partial charge in [-0.2, -0.15) is 18.2 Å². The van der Waals surface area contributed by atoms with Crippen molar-refractivity contribution in [1.29, 1.82) is 0 Å². The second kappa shape index (κ2) is 9.30. The molecule has 0 radical (unpaired) electrons. The smallest absolute Gasteiger partial charge is 0.453 e. The number of methoxy groups -OCH3 is 2. The molecule has 0 aliphatic heterocycles. The number of nitrogens with one attached hydrogen (secondary N) is 2. The fraction of sp³-hybridized carbons (Fsp3) is 0.350. The van der Waals surface area contributed by atoms with Crippen LogP contribution in [0.3, 0.4) is 0 Å². The van der Waals surface area contributed by atoms with E-state index in [1.54, 1.807) is 19.9 Å². The van der Waals surface area contributed by atoms with Crippen LogP contribution in [0, 0.1) is 13.8 Å². The second-order valence-corrected chi connectivity index (χ2v) is 6.98. The molecule has 1 aromatic carbocycles. The lowest BCUT2D eigenvalue weighted by molar-refractivity contribution is -0.144. The Morgan fingerprint density at radius 2 is 1.76 bits per heavy atom. The van der Waals surface area contributed by atoms with Gasteiger partial charge in [0.1, 0.15) is 0 Å². The van der Waals surface area contributed by atoms with E-state index in [4.69, 9.17) is 9.47 Å². The summed E-state index contributed by atoms with van der Waals surface area (Å²) in [5.74, 6) is -1.73. The Labute approximate surface area is 186 Å². The maximum atomic E-state index is 12.9. The van der Waals surface area contributed by atoms with Crippen molar-refractivity contribution in [2.45, 2.75) is 32.9 Å². The summed E-state index contributed by atoms with van der Waals surface area (Å²) < 4.78 is 49.9. The number of nitrogens with zero attached hydrogens (tertiary/aromatic N) is 4. The van der Waals surface area contributed by atoms with E-state index in [1.165, 1.54) is 26.4 Å². The normalized spacial score (nSPS) is 11.4. The van der Waals surface area contributed by atoms with Crippen molar-refractivity contribution in [3.8, 4) is 11.5 Å². The molecule has 0 spiro atoms. The first kappa shape index (κ1) is 23.8. The minimum atomic E-state index is -4.69. The summed E-state index contributed by atoms with van der Waals surface area (Å²) in [5.41, 5.74) is 6.22. The zero-order valence-electron chi connectivity index (χ0n) is 18.2. The van der Waals surface area contributed by atoms with E-state index >= 15 is 0 Å². The predicted octanol–water partition coefficient (Wildman–Crippen LogP) is 2.17. The molecular weight excluding hydrogens is 445 g/mol. The highest BCUT2D eigenvalue weighted by Gasteiger charge is 2.37. The van der Waals surface area contributed by atoms with Gasteiger partial charge in [-0.05, 0) is 44.0 Å². The third-order valence-corrected chi connectivity index (χ3v) is 4.87. The number of rotatable bonds is 6. The molecule has 13 heteroatoms. The largest absolute Gasteiger partial charge is 0.493 e. The number of halogens is 3. The number of aromatic nitrogens is 4. The third-order valence-electron chi connectivity index (χ3n) is 4.87. The van der Waals surface area contributed by atoms with Crippen molar-refractivity contribution < 1.29 is 32.2 Å². The van der Waals surface area contributed by atoms with E-state index in [0.717, 1.165) is 4.52 Å². The summed E-state index contributed by atoms with van der Waals surface area (Å²) >= 11 is 0. The molecule has 33 heavy (non-hydrogen) atoms. The third kappa shape index (κ3) is 5.13. The number of alkyl halides is 3. The zero-order valence-corrected chi connectivity index (χ0v) is 18.2. The number of fused-ring (bicyclic) bond motifs is 1. The minimum absolute atomic E-state index is 0.0537. The summed E-state index contributed by atoms with van der Waals surface area (Å²) in [7, 11) is 2.90. The Morgan fingerprint density at radius 1 is 1.06 bits per heavy atom. The number of amides is 2. The molecule has 2 heterocycles. The van der Waals surface area contributed by atoms with Crippen molar-refractivity contribution in [3.63, 3.8) is 0 Å². The highest BCUT2D eigenvalue weighted by atomic mass is 19.4. The van der Waals surface area contributed by atoms with Crippen molar-refractivity contribution in [3.05, 3.63) is 46.5 Å². The molecule has 0 unspecified atom stereocenters. The Hall–Kier alpha value is -3.90. The van der Waals surface area contributed by atoms with Gasteiger partial charge < -0.3 is 9.47 Å².